The van der Waals surface area contributed by atoms with Gasteiger partial charge in [0.15, 0.2) is 0 Å². The van der Waals surface area contributed by atoms with Crippen LogP contribution in [0.25, 0.3) is 21.7 Å². The number of amides is 2. The third kappa shape index (κ3) is 4.10. The van der Waals surface area contributed by atoms with Crippen LogP contribution in [0.1, 0.15) is 37.2 Å². The Hall–Kier alpha value is -2.90. The van der Waals surface area contributed by atoms with Crippen molar-refractivity contribution in [3.63, 3.8) is 0 Å². The molecule has 5 rings (SSSR count). The van der Waals surface area contributed by atoms with Crippen molar-refractivity contribution < 1.29 is 23.5 Å². The fraction of sp³-hybridized carbons (Fsp3) is 0.440. The minimum Gasteiger partial charge on any atom is -0.492 e. The van der Waals surface area contributed by atoms with Gasteiger partial charge in [-0.15, -0.1) is 0 Å². The van der Waals surface area contributed by atoms with Gasteiger partial charge in [0.1, 0.15) is 17.9 Å². The van der Waals surface area contributed by atoms with E-state index in [9.17, 15) is 9.59 Å². The molecule has 2 amide bonds. The van der Waals surface area contributed by atoms with E-state index in [1.807, 2.05) is 30.3 Å². The summed E-state index contributed by atoms with van der Waals surface area (Å²) >= 11 is 0. The second-order valence-electron chi connectivity index (χ2n) is 8.69. The largest absolute Gasteiger partial charge is 0.492 e. The van der Waals surface area contributed by atoms with Crippen molar-refractivity contribution in [2.24, 2.45) is 0 Å². The van der Waals surface area contributed by atoms with Crippen LogP contribution in [0.15, 0.2) is 41.0 Å². The molecule has 1 aromatic heterocycles. The van der Waals surface area contributed by atoms with E-state index in [1.54, 1.807) is 6.26 Å². The van der Waals surface area contributed by atoms with E-state index < -0.39 is 0 Å². The maximum Gasteiger partial charge on any atom is 0.234 e. The Morgan fingerprint density at radius 1 is 1.12 bits per heavy atom. The number of ether oxygens (including phenoxy) is 2. The Morgan fingerprint density at radius 3 is 2.78 bits per heavy atom. The van der Waals surface area contributed by atoms with E-state index in [2.05, 4.69) is 17.3 Å². The van der Waals surface area contributed by atoms with E-state index in [4.69, 9.17) is 13.9 Å². The Kier molecular flexibility index (Phi) is 5.85. The molecule has 0 radical (unpaired) electrons. The Morgan fingerprint density at radius 2 is 1.97 bits per heavy atom. The number of nitrogens with zero attached hydrogens (tertiary/aromatic N) is 1. The highest BCUT2D eigenvalue weighted by Crippen LogP contribution is 2.37. The van der Waals surface area contributed by atoms with Gasteiger partial charge in [-0.3, -0.25) is 19.8 Å². The van der Waals surface area contributed by atoms with Crippen LogP contribution in [-0.2, 0) is 14.3 Å². The molecule has 2 saturated heterocycles. The second kappa shape index (κ2) is 8.92. The third-order valence-electron chi connectivity index (χ3n) is 6.70. The number of piperidine rings is 1. The van der Waals surface area contributed by atoms with Crippen LogP contribution < -0.4 is 10.1 Å². The van der Waals surface area contributed by atoms with Gasteiger partial charge in [-0.2, -0.15) is 0 Å². The molecule has 2 aliphatic rings. The van der Waals surface area contributed by atoms with E-state index in [0.29, 0.717) is 25.5 Å². The van der Waals surface area contributed by atoms with Gasteiger partial charge in [-0.1, -0.05) is 6.07 Å². The van der Waals surface area contributed by atoms with E-state index in [1.165, 1.54) is 0 Å². The number of fused-ring (bicyclic) bond motifs is 3. The first-order chi connectivity index (χ1) is 15.6. The molecular formula is C25H28N2O5. The minimum absolute atomic E-state index is 0.215. The van der Waals surface area contributed by atoms with Crippen LogP contribution in [0.2, 0.25) is 0 Å². The molecule has 0 spiro atoms. The Balaban J connectivity index is 1.34. The lowest BCUT2D eigenvalue weighted by molar-refractivity contribution is -0.134. The summed E-state index contributed by atoms with van der Waals surface area (Å²) in [5.74, 6) is -0.0257. The molecule has 3 aromatic rings. The van der Waals surface area contributed by atoms with E-state index >= 15 is 0 Å². The molecule has 32 heavy (non-hydrogen) atoms. The highest BCUT2D eigenvalue weighted by Gasteiger charge is 2.31. The summed E-state index contributed by atoms with van der Waals surface area (Å²) in [5.41, 5.74) is 1.58. The smallest absolute Gasteiger partial charge is 0.234 e. The Labute approximate surface area is 186 Å². The van der Waals surface area contributed by atoms with Crippen molar-refractivity contribution in [1.82, 2.24) is 10.2 Å². The molecule has 3 heterocycles. The van der Waals surface area contributed by atoms with Gasteiger partial charge in [0.25, 0.3) is 0 Å². The topological polar surface area (TPSA) is 81.0 Å². The number of imide groups is 1. The van der Waals surface area contributed by atoms with Crippen molar-refractivity contribution in [2.45, 2.75) is 37.6 Å². The summed E-state index contributed by atoms with van der Waals surface area (Å²) in [6, 6.07) is 10.5. The average molecular weight is 437 g/mol. The number of furan rings is 1. The number of carbonyl (C=O) groups excluding carboxylic acids is 2. The predicted molar refractivity (Wildman–Crippen MR) is 121 cm³/mol. The van der Waals surface area contributed by atoms with Crippen LogP contribution in [0.5, 0.6) is 5.75 Å². The first-order valence-corrected chi connectivity index (χ1v) is 11.3. The summed E-state index contributed by atoms with van der Waals surface area (Å²) in [4.78, 5) is 26.3. The highest BCUT2D eigenvalue weighted by atomic mass is 16.5. The lowest BCUT2D eigenvalue weighted by Crippen LogP contribution is -2.39. The first kappa shape index (κ1) is 21.0. The fourth-order valence-electron chi connectivity index (χ4n) is 4.82. The predicted octanol–water partition coefficient (Wildman–Crippen LogP) is 3.60. The minimum atomic E-state index is -0.379. The van der Waals surface area contributed by atoms with Gasteiger partial charge in [0.05, 0.1) is 12.2 Å². The molecule has 1 atom stereocenters. The van der Waals surface area contributed by atoms with Gasteiger partial charge in [-0.05, 0) is 61.3 Å². The maximum atomic E-state index is 12.4. The molecule has 2 aromatic carbocycles. The summed E-state index contributed by atoms with van der Waals surface area (Å²) in [7, 11) is 2.14. The summed E-state index contributed by atoms with van der Waals surface area (Å²) in [6.45, 7) is 3.16. The van der Waals surface area contributed by atoms with Crippen molar-refractivity contribution in [3.8, 4) is 5.75 Å². The normalized spacial score (nSPS) is 20.2. The molecular weight excluding hydrogens is 408 g/mol. The van der Waals surface area contributed by atoms with Crippen molar-refractivity contribution in [2.75, 3.05) is 33.4 Å². The number of hydrogen-bond donors (Lipinski definition) is 1. The molecule has 7 heteroatoms. The zero-order valence-electron chi connectivity index (χ0n) is 18.3. The van der Waals surface area contributed by atoms with Gasteiger partial charge in [0.2, 0.25) is 11.8 Å². The monoisotopic (exact) mass is 436 g/mol. The van der Waals surface area contributed by atoms with Crippen LogP contribution in [0.4, 0.5) is 0 Å². The molecule has 2 fully saturated rings. The molecule has 0 unspecified atom stereocenters. The number of carbonyl (C=O) groups is 2. The van der Waals surface area contributed by atoms with E-state index in [0.717, 1.165) is 65.7 Å². The quantitative estimate of drug-likeness (QED) is 0.595. The number of likely N-dealkylation sites (N-methyl/N-ethyl adjacent to an activating group) is 1. The highest BCUT2D eigenvalue weighted by molar-refractivity contribution is 6.10. The third-order valence-corrected chi connectivity index (χ3v) is 6.70. The van der Waals surface area contributed by atoms with E-state index in [-0.39, 0.29) is 17.7 Å². The second-order valence-corrected chi connectivity index (χ2v) is 8.69. The number of rotatable bonds is 6. The molecule has 0 bridgehead atoms. The number of nitrogens with one attached hydrogen (secondary N) is 1. The maximum absolute atomic E-state index is 12.4. The summed E-state index contributed by atoms with van der Waals surface area (Å²) in [6.07, 6.45) is 4.64. The molecule has 0 aliphatic carbocycles. The van der Waals surface area contributed by atoms with Gasteiger partial charge in [-0.25, -0.2) is 0 Å². The molecule has 7 nitrogen and oxygen atoms in total. The van der Waals surface area contributed by atoms with Gasteiger partial charge < -0.3 is 13.9 Å². The SMILES string of the molecule is CN(CCOc1ccc2c(ccc3occ([C@@H]4CCC(=O)NC4=O)c32)c1)C1CCOCC1. The lowest BCUT2D eigenvalue weighted by atomic mass is 9.89. The van der Waals surface area contributed by atoms with Crippen LogP contribution in [0.3, 0.4) is 0 Å². The average Bonchev–Trinajstić information content (AvgIpc) is 3.24. The van der Waals surface area contributed by atoms with Gasteiger partial charge in [0, 0.05) is 43.2 Å². The summed E-state index contributed by atoms with van der Waals surface area (Å²) < 4.78 is 17.2. The van der Waals surface area contributed by atoms with Crippen LogP contribution in [0, 0.1) is 0 Å². The zero-order valence-corrected chi connectivity index (χ0v) is 18.3. The first-order valence-electron chi connectivity index (χ1n) is 11.3. The molecule has 168 valence electrons. The standard InChI is InChI=1S/C25H28N2O5/c1-27(17-8-11-30-12-9-17)10-13-31-18-3-4-19-16(14-18)2-6-22-24(19)21(15-32-22)20-5-7-23(28)26-25(20)29/h2-4,6,14-15,17,20H,5,7-13H2,1H3,(H,26,28,29)/t20-/m0/s1. The van der Waals surface area contributed by atoms with Crippen molar-refractivity contribution >= 4 is 33.6 Å². The molecule has 1 N–H and O–H groups in total. The molecule has 0 saturated carbocycles. The number of benzene rings is 2. The summed E-state index contributed by atoms with van der Waals surface area (Å²) in [5, 5.41) is 5.42. The zero-order chi connectivity index (χ0) is 22.1. The van der Waals surface area contributed by atoms with Crippen molar-refractivity contribution in [3.05, 3.63) is 42.2 Å². The van der Waals surface area contributed by atoms with Crippen LogP contribution in [-0.4, -0.2) is 56.2 Å². The van der Waals surface area contributed by atoms with Crippen molar-refractivity contribution in [1.29, 1.82) is 0 Å². The number of hydrogen-bond acceptors (Lipinski definition) is 6. The van der Waals surface area contributed by atoms with Gasteiger partial charge >= 0.3 is 0 Å². The fourth-order valence-corrected chi connectivity index (χ4v) is 4.82. The lowest BCUT2D eigenvalue weighted by Gasteiger charge is -2.31. The Bertz CT molecular complexity index is 1150. The molecule has 2 aliphatic heterocycles. The van der Waals surface area contributed by atoms with Crippen LogP contribution >= 0.6 is 0 Å².